The fourth-order valence-electron chi connectivity index (χ4n) is 1.65. The van der Waals surface area contributed by atoms with Crippen LogP contribution in [0.15, 0.2) is 11.6 Å². The zero-order chi connectivity index (χ0) is 9.26. The smallest absolute Gasteiger partial charge is 0.109 e. The number of thiazole rings is 1. The summed E-state index contributed by atoms with van der Waals surface area (Å²) in [6.07, 6.45) is 4.68. The van der Waals surface area contributed by atoms with Gasteiger partial charge in [0, 0.05) is 17.6 Å². The first-order valence-electron chi connectivity index (χ1n) is 4.93. The Balaban J connectivity index is 1.87. The Bertz CT molecular complexity index is 254. The predicted octanol–water partition coefficient (Wildman–Crippen LogP) is 2.59. The molecule has 0 radical (unpaired) electrons. The molecule has 2 atom stereocenters. The molecular formula is C10H16N2S. The first-order chi connectivity index (χ1) is 6.27. The van der Waals surface area contributed by atoms with Crippen LogP contribution in [0.25, 0.3) is 0 Å². The van der Waals surface area contributed by atoms with Gasteiger partial charge in [-0.3, -0.25) is 0 Å². The molecule has 2 nitrogen and oxygen atoms in total. The van der Waals surface area contributed by atoms with E-state index < -0.39 is 0 Å². The lowest BCUT2D eigenvalue weighted by Crippen LogP contribution is -2.30. The zero-order valence-electron chi connectivity index (χ0n) is 8.16. The largest absolute Gasteiger partial charge is 0.305 e. The summed E-state index contributed by atoms with van der Waals surface area (Å²) in [5.41, 5.74) is 0. The molecule has 2 rings (SSSR count). The lowest BCUT2D eigenvalue weighted by molar-refractivity contribution is 0.440. The molecule has 13 heavy (non-hydrogen) atoms. The molecule has 2 unspecified atom stereocenters. The average Bonchev–Trinajstić information content (AvgIpc) is 2.81. The maximum Gasteiger partial charge on any atom is 0.109 e. The van der Waals surface area contributed by atoms with Crippen LogP contribution in [0, 0.1) is 5.92 Å². The van der Waals surface area contributed by atoms with Crippen LogP contribution in [-0.4, -0.2) is 11.0 Å². The van der Waals surface area contributed by atoms with Crippen LogP contribution in [0.4, 0.5) is 0 Å². The summed E-state index contributed by atoms with van der Waals surface area (Å²) in [6, 6.07) is 1.06. The van der Waals surface area contributed by atoms with E-state index in [4.69, 9.17) is 0 Å². The molecule has 72 valence electrons. The van der Waals surface area contributed by atoms with Gasteiger partial charge in [-0.2, -0.15) is 0 Å². The molecule has 3 heteroatoms. The minimum Gasteiger partial charge on any atom is -0.305 e. The molecular weight excluding hydrogens is 180 g/mol. The highest BCUT2D eigenvalue weighted by Crippen LogP contribution is 2.33. The van der Waals surface area contributed by atoms with Crippen LogP contribution in [0.1, 0.15) is 37.7 Å². The van der Waals surface area contributed by atoms with Crippen LogP contribution in [0.5, 0.6) is 0 Å². The van der Waals surface area contributed by atoms with Crippen LogP contribution in [0.2, 0.25) is 0 Å². The lowest BCUT2D eigenvalue weighted by atomic mass is 10.2. The highest BCUT2D eigenvalue weighted by Gasteiger charge is 2.28. The Morgan fingerprint density at radius 1 is 1.54 bits per heavy atom. The standard InChI is InChI=1S/C10H16N2S/c1-7(9-3-4-9)12-8(2)10-11-5-6-13-10/h5-9,12H,3-4H2,1-2H3. The van der Waals surface area contributed by atoms with Gasteiger partial charge < -0.3 is 5.32 Å². The van der Waals surface area contributed by atoms with Crippen molar-refractivity contribution in [1.82, 2.24) is 10.3 Å². The van der Waals surface area contributed by atoms with Gasteiger partial charge in [0.2, 0.25) is 0 Å². The van der Waals surface area contributed by atoms with Gasteiger partial charge in [-0.1, -0.05) is 0 Å². The molecule has 0 saturated heterocycles. The van der Waals surface area contributed by atoms with Gasteiger partial charge in [-0.15, -0.1) is 11.3 Å². The fraction of sp³-hybridized carbons (Fsp3) is 0.700. The van der Waals surface area contributed by atoms with Gasteiger partial charge in [0.1, 0.15) is 5.01 Å². The third kappa shape index (κ3) is 2.29. The molecule has 1 N–H and O–H groups in total. The van der Waals surface area contributed by atoms with Crippen molar-refractivity contribution in [1.29, 1.82) is 0 Å². The maximum atomic E-state index is 4.30. The Labute approximate surface area is 83.4 Å². The van der Waals surface area contributed by atoms with Crippen LogP contribution >= 0.6 is 11.3 Å². The van der Waals surface area contributed by atoms with Crippen LogP contribution in [0.3, 0.4) is 0 Å². The molecule has 0 aromatic carbocycles. The Morgan fingerprint density at radius 2 is 2.31 bits per heavy atom. The third-order valence-electron chi connectivity index (χ3n) is 2.66. The molecule has 0 amide bonds. The number of nitrogens with zero attached hydrogens (tertiary/aromatic N) is 1. The van der Waals surface area contributed by atoms with Gasteiger partial charge >= 0.3 is 0 Å². The predicted molar refractivity (Wildman–Crippen MR) is 55.9 cm³/mol. The molecule has 1 aliphatic carbocycles. The molecule has 0 spiro atoms. The highest BCUT2D eigenvalue weighted by molar-refractivity contribution is 7.09. The minimum atomic E-state index is 0.413. The van der Waals surface area contributed by atoms with E-state index in [0.717, 1.165) is 5.92 Å². The second kappa shape index (κ2) is 3.76. The van der Waals surface area contributed by atoms with Gasteiger partial charge in [-0.25, -0.2) is 4.98 Å². The Hall–Kier alpha value is -0.410. The molecule has 1 aromatic heterocycles. The average molecular weight is 196 g/mol. The molecule has 1 aromatic rings. The van der Waals surface area contributed by atoms with Gasteiger partial charge in [0.25, 0.3) is 0 Å². The van der Waals surface area contributed by atoms with Crippen molar-refractivity contribution >= 4 is 11.3 Å². The zero-order valence-corrected chi connectivity index (χ0v) is 8.97. The number of aromatic nitrogens is 1. The minimum absolute atomic E-state index is 0.413. The second-order valence-electron chi connectivity index (χ2n) is 3.88. The van der Waals surface area contributed by atoms with Crippen molar-refractivity contribution < 1.29 is 0 Å². The van der Waals surface area contributed by atoms with Crippen molar-refractivity contribution in [2.45, 2.75) is 38.8 Å². The van der Waals surface area contributed by atoms with E-state index in [9.17, 15) is 0 Å². The van der Waals surface area contributed by atoms with Crippen LogP contribution in [-0.2, 0) is 0 Å². The SMILES string of the molecule is CC(NC(C)C1CC1)c1nccs1. The van der Waals surface area contributed by atoms with Crippen molar-refractivity contribution in [3.63, 3.8) is 0 Å². The van der Waals surface area contributed by atoms with Gasteiger partial charge in [0.15, 0.2) is 0 Å². The van der Waals surface area contributed by atoms with E-state index in [-0.39, 0.29) is 0 Å². The molecule has 1 fully saturated rings. The first-order valence-corrected chi connectivity index (χ1v) is 5.81. The van der Waals surface area contributed by atoms with Gasteiger partial charge in [-0.05, 0) is 32.6 Å². The molecule has 0 aliphatic heterocycles. The normalized spacial score (nSPS) is 21.4. The number of hydrogen-bond acceptors (Lipinski definition) is 3. The lowest BCUT2D eigenvalue weighted by Gasteiger charge is -2.17. The van der Waals surface area contributed by atoms with Crippen molar-refractivity contribution in [2.75, 3.05) is 0 Å². The topological polar surface area (TPSA) is 24.9 Å². The Kier molecular flexibility index (Phi) is 2.65. The number of hydrogen-bond donors (Lipinski definition) is 1. The molecule has 1 saturated carbocycles. The van der Waals surface area contributed by atoms with E-state index in [1.54, 1.807) is 11.3 Å². The van der Waals surface area contributed by atoms with E-state index in [1.807, 2.05) is 11.6 Å². The molecule has 0 bridgehead atoms. The van der Waals surface area contributed by atoms with E-state index in [1.165, 1.54) is 17.8 Å². The summed E-state index contributed by atoms with van der Waals surface area (Å²) >= 11 is 1.73. The first kappa shape index (κ1) is 9.16. The maximum absolute atomic E-state index is 4.30. The summed E-state index contributed by atoms with van der Waals surface area (Å²) in [7, 11) is 0. The second-order valence-corrected chi connectivity index (χ2v) is 4.81. The van der Waals surface area contributed by atoms with Crippen molar-refractivity contribution in [3.05, 3.63) is 16.6 Å². The van der Waals surface area contributed by atoms with E-state index in [0.29, 0.717) is 12.1 Å². The van der Waals surface area contributed by atoms with Crippen molar-refractivity contribution in [3.8, 4) is 0 Å². The summed E-state index contributed by atoms with van der Waals surface area (Å²) in [5, 5.41) is 6.83. The quantitative estimate of drug-likeness (QED) is 0.800. The van der Waals surface area contributed by atoms with Gasteiger partial charge in [0.05, 0.1) is 6.04 Å². The Morgan fingerprint density at radius 3 is 2.85 bits per heavy atom. The monoisotopic (exact) mass is 196 g/mol. The third-order valence-corrected chi connectivity index (χ3v) is 3.62. The van der Waals surface area contributed by atoms with E-state index >= 15 is 0 Å². The summed E-state index contributed by atoms with van der Waals surface area (Å²) in [6.45, 7) is 4.47. The number of rotatable bonds is 4. The molecule has 1 heterocycles. The van der Waals surface area contributed by atoms with Crippen LogP contribution < -0.4 is 5.32 Å². The highest BCUT2D eigenvalue weighted by atomic mass is 32.1. The van der Waals surface area contributed by atoms with E-state index in [2.05, 4.69) is 24.1 Å². The van der Waals surface area contributed by atoms with Crippen molar-refractivity contribution in [2.24, 2.45) is 5.92 Å². The summed E-state index contributed by atoms with van der Waals surface area (Å²) in [4.78, 5) is 4.30. The summed E-state index contributed by atoms with van der Waals surface area (Å²) < 4.78 is 0. The fourth-order valence-corrected chi connectivity index (χ4v) is 2.30. The number of nitrogens with one attached hydrogen (secondary N) is 1. The molecule has 1 aliphatic rings. The summed E-state index contributed by atoms with van der Waals surface area (Å²) in [5.74, 6) is 0.919.